The first kappa shape index (κ1) is 21.4. The predicted octanol–water partition coefficient (Wildman–Crippen LogP) is 4.82. The normalized spacial score (nSPS) is 11.2. The van der Waals surface area contributed by atoms with Crippen molar-refractivity contribution in [3.63, 3.8) is 0 Å². The van der Waals surface area contributed by atoms with Crippen LogP contribution >= 0.6 is 35.0 Å². The molecule has 2 aromatic carbocycles. The molecule has 0 aliphatic carbocycles. The van der Waals surface area contributed by atoms with E-state index in [0.29, 0.717) is 27.3 Å². The van der Waals surface area contributed by atoms with Crippen LogP contribution < -0.4 is 5.43 Å². The average Bonchev–Trinajstić information content (AvgIpc) is 3.12. The highest BCUT2D eigenvalue weighted by molar-refractivity contribution is 7.99. The molecule has 0 saturated carbocycles. The van der Waals surface area contributed by atoms with E-state index in [0.717, 1.165) is 11.4 Å². The molecule has 1 heterocycles. The van der Waals surface area contributed by atoms with Crippen molar-refractivity contribution >= 4 is 47.1 Å². The average molecular weight is 448 g/mol. The summed E-state index contributed by atoms with van der Waals surface area (Å²) >= 11 is 13.4. The van der Waals surface area contributed by atoms with Gasteiger partial charge < -0.3 is 4.57 Å². The van der Waals surface area contributed by atoms with Crippen molar-refractivity contribution in [1.29, 1.82) is 0 Å². The van der Waals surface area contributed by atoms with E-state index in [4.69, 9.17) is 23.2 Å². The Kier molecular flexibility index (Phi) is 7.30. The molecule has 0 aliphatic heterocycles. The maximum Gasteiger partial charge on any atom is 0.250 e. The third-order valence-corrected chi connectivity index (χ3v) is 5.68. The van der Waals surface area contributed by atoms with Crippen LogP contribution in [0.5, 0.6) is 0 Å². The van der Waals surface area contributed by atoms with E-state index in [1.54, 1.807) is 18.2 Å². The Bertz CT molecular complexity index is 1010. The van der Waals surface area contributed by atoms with Gasteiger partial charge in [0, 0.05) is 17.7 Å². The minimum Gasteiger partial charge on any atom is -0.302 e. The zero-order chi connectivity index (χ0) is 20.8. The number of aryl methyl sites for hydroxylation is 1. The van der Waals surface area contributed by atoms with Crippen LogP contribution in [0.25, 0.3) is 11.4 Å². The van der Waals surface area contributed by atoms with Crippen molar-refractivity contribution in [1.82, 2.24) is 20.2 Å². The van der Waals surface area contributed by atoms with Crippen molar-refractivity contribution in [2.24, 2.45) is 5.10 Å². The highest BCUT2D eigenvalue weighted by Crippen LogP contribution is 2.24. The lowest BCUT2D eigenvalue weighted by Gasteiger charge is -2.07. The van der Waals surface area contributed by atoms with E-state index in [-0.39, 0.29) is 11.7 Å². The van der Waals surface area contributed by atoms with Crippen molar-refractivity contribution in [3.05, 3.63) is 63.6 Å². The SMILES string of the molecule is CCn1c(SCC(=O)NN=Cc2c(Cl)cccc2Cl)nnc1-c1ccc(C)cc1. The zero-order valence-corrected chi connectivity index (χ0v) is 18.2. The summed E-state index contributed by atoms with van der Waals surface area (Å²) < 4.78 is 1.98. The fraction of sp³-hybridized carbons (Fsp3) is 0.200. The van der Waals surface area contributed by atoms with Crippen LogP contribution in [-0.2, 0) is 11.3 Å². The molecule has 1 N–H and O–H groups in total. The van der Waals surface area contributed by atoms with Crippen LogP contribution in [0.15, 0.2) is 52.7 Å². The number of benzene rings is 2. The maximum absolute atomic E-state index is 12.1. The molecular weight excluding hydrogens is 429 g/mol. The van der Waals surface area contributed by atoms with Gasteiger partial charge in [-0.1, -0.05) is 70.9 Å². The van der Waals surface area contributed by atoms with Gasteiger partial charge in [0.15, 0.2) is 11.0 Å². The molecule has 1 amide bonds. The molecule has 0 spiro atoms. The second-order valence-electron chi connectivity index (χ2n) is 6.13. The topological polar surface area (TPSA) is 72.2 Å². The molecule has 29 heavy (non-hydrogen) atoms. The number of carbonyl (C=O) groups excluding carboxylic acids is 1. The molecule has 150 valence electrons. The lowest BCUT2D eigenvalue weighted by atomic mass is 10.1. The van der Waals surface area contributed by atoms with Crippen LogP contribution in [-0.4, -0.2) is 32.6 Å². The summed E-state index contributed by atoms with van der Waals surface area (Å²) in [7, 11) is 0. The molecule has 3 rings (SSSR count). The van der Waals surface area contributed by atoms with Gasteiger partial charge in [-0.2, -0.15) is 5.10 Å². The predicted molar refractivity (Wildman–Crippen MR) is 119 cm³/mol. The number of nitrogens with zero attached hydrogens (tertiary/aromatic N) is 4. The third kappa shape index (κ3) is 5.38. The molecule has 0 bridgehead atoms. The van der Waals surface area contributed by atoms with Gasteiger partial charge in [0.2, 0.25) is 0 Å². The van der Waals surface area contributed by atoms with E-state index in [2.05, 4.69) is 20.7 Å². The van der Waals surface area contributed by atoms with Gasteiger partial charge in [-0.05, 0) is 26.0 Å². The molecule has 1 aromatic heterocycles. The van der Waals surface area contributed by atoms with Gasteiger partial charge in [0.25, 0.3) is 5.91 Å². The van der Waals surface area contributed by atoms with E-state index >= 15 is 0 Å². The molecule has 0 unspecified atom stereocenters. The number of hydrogen-bond acceptors (Lipinski definition) is 5. The number of nitrogens with one attached hydrogen (secondary N) is 1. The lowest BCUT2D eigenvalue weighted by molar-refractivity contribution is -0.118. The molecule has 0 atom stereocenters. The molecule has 0 fully saturated rings. The quantitative estimate of drug-likeness (QED) is 0.320. The van der Waals surface area contributed by atoms with Crippen LogP contribution in [0, 0.1) is 6.92 Å². The Balaban J connectivity index is 1.62. The highest BCUT2D eigenvalue weighted by atomic mass is 35.5. The third-order valence-electron chi connectivity index (χ3n) is 4.06. The highest BCUT2D eigenvalue weighted by Gasteiger charge is 2.14. The Labute approximate surface area is 183 Å². The fourth-order valence-corrected chi connectivity index (χ4v) is 3.85. The van der Waals surface area contributed by atoms with E-state index in [9.17, 15) is 4.79 Å². The number of carbonyl (C=O) groups is 1. The van der Waals surface area contributed by atoms with Crippen LogP contribution in [0.3, 0.4) is 0 Å². The Morgan fingerprint density at radius 1 is 1.17 bits per heavy atom. The second kappa shape index (κ2) is 9.91. The van der Waals surface area contributed by atoms with E-state index in [1.165, 1.54) is 23.5 Å². The van der Waals surface area contributed by atoms with Gasteiger partial charge in [-0.3, -0.25) is 4.79 Å². The van der Waals surface area contributed by atoms with Gasteiger partial charge in [0.05, 0.1) is 22.0 Å². The summed E-state index contributed by atoms with van der Waals surface area (Å²) in [6.07, 6.45) is 1.43. The minimum atomic E-state index is -0.267. The molecule has 0 radical (unpaired) electrons. The molecular formula is C20H19Cl2N5OS. The number of hydrazone groups is 1. The van der Waals surface area contributed by atoms with Crippen molar-refractivity contribution in [2.45, 2.75) is 25.5 Å². The smallest absolute Gasteiger partial charge is 0.250 e. The number of aromatic nitrogens is 3. The Hall–Kier alpha value is -2.35. The zero-order valence-electron chi connectivity index (χ0n) is 15.9. The van der Waals surface area contributed by atoms with E-state index < -0.39 is 0 Å². The summed E-state index contributed by atoms with van der Waals surface area (Å²) in [6.45, 7) is 4.75. The number of hydrogen-bond donors (Lipinski definition) is 1. The van der Waals surface area contributed by atoms with E-state index in [1.807, 2.05) is 42.7 Å². The molecule has 0 aliphatic rings. The number of thioether (sulfide) groups is 1. The molecule has 6 nitrogen and oxygen atoms in total. The molecule has 0 saturated heterocycles. The van der Waals surface area contributed by atoms with Crippen molar-refractivity contribution in [2.75, 3.05) is 5.75 Å². The van der Waals surface area contributed by atoms with Gasteiger partial charge in [0.1, 0.15) is 0 Å². The maximum atomic E-state index is 12.1. The summed E-state index contributed by atoms with van der Waals surface area (Å²) in [6, 6.07) is 13.3. The first-order valence-electron chi connectivity index (χ1n) is 8.88. The Morgan fingerprint density at radius 3 is 2.52 bits per heavy atom. The van der Waals surface area contributed by atoms with Crippen LogP contribution in [0.4, 0.5) is 0 Å². The summed E-state index contributed by atoms with van der Waals surface area (Å²) in [5, 5.41) is 14.1. The first-order chi connectivity index (χ1) is 14.0. The molecule has 3 aromatic rings. The summed E-state index contributed by atoms with van der Waals surface area (Å²) in [4.78, 5) is 12.1. The van der Waals surface area contributed by atoms with Gasteiger partial charge in [-0.25, -0.2) is 5.43 Å². The molecule has 9 heteroatoms. The summed E-state index contributed by atoms with van der Waals surface area (Å²) in [5.41, 5.74) is 5.20. The standard InChI is InChI=1S/C20H19Cl2N5OS/c1-3-27-19(14-9-7-13(2)8-10-14)25-26-20(27)29-12-18(28)24-23-11-15-16(21)5-4-6-17(15)22/h4-11H,3,12H2,1-2H3,(H,24,28). The summed E-state index contributed by atoms with van der Waals surface area (Å²) in [5.74, 6) is 0.665. The van der Waals surface area contributed by atoms with Crippen LogP contribution in [0.2, 0.25) is 10.0 Å². The largest absolute Gasteiger partial charge is 0.302 e. The van der Waals surface area contributed by atoms with Crippen molar-refractivity contribution < 1.29 is 4.79 Å². The van der Waals surface area contributed by atoms with Gasteiger partial charge in [-0.15, -0.1) is 10.2 Å². The first-order valence-corrected chi connectivity index (χ1v) is 10.6. The van der Waals surface area contributed by atoms with Gasteiger partial charge >= 0.3 is 0 Å². The van der Waals surface area contributed by atoms with Crippen molar-refractivity contribution in [3.8, 4) is 11.4 Å². The number of amides is 1. The Morgan fingerprint density at radius 2 is 1.86 bits per heavy atom. The number of rotatable bonds is 7. The minimum absolute atomic E-state index is 0.152. The number of halogens is 2. The fourth-order valence-electron chi connectivity index (χ4n) is 2.56. The lowest BCUT2D eigenvalue weighted by Crippen LogP contribution is -2.20. The van der Waals surface area contributed by atoms with Crippen LogP contribution in [0.1, 0.15) is 18.1 Å². The second-order valence-corrected chi connectivity index (χ2v) is 7.89. The monoisotopic (exact) mass is 447 g/mol.